The zero-order valence-electron chi connectivity index (χ0n) is 13.3. The predicted octanol–water partition coefficient (Wildman–Crippen LogP) is 1.58. The molecule has 0 aliphatic heterocycles. The summed E-state index contributed by atoms with van der Waals surface area (Å²) in [6.45, 7) is 2.34. The van der Waals surface area contributed by atoms with Crippen molar-refractivity contribution in [3.8, 4) is 11.3 Å². The Hall–Kier alpha value is -2.68. The van der Waals surface area contributed by atoms with Gasteiger partial charge in [0, 0.05) is 18.7 Å². The number of hydrogen-bond acceptors (Lipinski definition) is 7. The van der Waals surface area contributed by atoms with Gasteiger partial charge in [-0.2, -0.15) is 0 Å². The summed E-state index contributed by atoms with van der Waals surface area (Å²) in [5, 5.41) is 18.4. The quantitative estimate of drug-likeness (QED) is 0.678. The van der Waals surface area contributed by atoms with Gasteiger partial charge in [-0.05, 0) is 17.4 Å². The molecular formula is C15H16N6O2S. The first-order valence-electron chi connectivity index (χ1n) is 7.26. The van der Waals surface area contributed by atoms with Crippen LogP contribution in [-0.4, -0.2) is 37.0 Å². The maximum atomic E-state index is 11.9. The van der Waals surface area contributed by atoms with E-state index in [2.05, 4.69) is 26.0 Å². The Kier molecular flexibility index (Phi) is 4.90. The summed E-state index contributed by atoms with van der Waals surface area (Å²) in [6, 6.07) is 9.80. The third-order valence-corrected chi connectivity index (χ3v) is 4.29. The second kappa shape index (κ2) is 7.26. The van der Waals surface area contributed by atoms with Crippen LogP contribution in [0.25, 0.3) is 11.3 Å². The van der Waals surface area contributed by atoms with Crippen molar-refractivity contribution in [3.63, 3.8) is 0 Å². The molecule has 9 heteroatoms. The fourth-order valence-electron chi connectivity index (χ4n) is 1.96. The van der Waals surface area contributed by atoms with Gasteiger partial charge >= 0.3 is 0 Å². The minimum Gasteiger partial charge on any atom is -0.356 e. The Bertz CT molecular complexity index is 827. The normalized spacial score (nSPS) is 10.8. The summed E-state index contributed by atoms with van der Waals surface area (Å²) in [4.78, 5) is 11.9. The lowest BCUT2D eigenvalue weighted by Crippen LogP contribution is -2.24. The van der Waals surface area contributed by atoms with Gasteiger partial charge in [0.25, 0.3) is 0 Å². The molecule has 2 heterocycles. The third-order valence-electron chi connectivity index (χ3n) is 3.28. The molecule has 3 rings (SSSR count). The third kappa shape index (κ3) is 3.99. The second-order valence-corrected chi connectivity index (χ2v) is 6.14. The number of aromatic nitrogens is 5. The van der Waals surface area contributed by atoms with E-state index in [1.165, 1.54) is 22.0 Å². The van der Waals surface area contributed by atoms with Gasteiger partial charge in [-0.15, -0.1) is 5.10 Å². The first-order valence-corrected chi connectivity index (χ1v) is 8.25. The van der Waals surface area contributed by atoms with Crippen molar-refractivity contribution < 1.29 is 9.32 Å². The van der Waals surface area contributed by atoms with Gasteiger partial charge < -0.3 is 9.84 Å². The van der Waals surface area contributed by atoms with Crippen LogP contribution in [0.4, 0.5) is 0 Å². The zero-order valence-corrected chi connectivity index (χ0v) is 14.1. The number of carbonyl (C=O) groups excluding carboxylic acids is 1. The molecule has 1 amide bonds. The maximum absolute atomic E-state index is 11.9. The summed E-state index contributed by atoms with van der Waals surface area (Å²) >= 11 is 1.27. The number of thioether (sulfide) groups is 1. The number of rotatable bonds is 6. The van der Waals surface area contributed by atoms with Gasteiger partial charge in [-0.1, -0.05) is 46.7 Å². The Morgan fingerprint density at radius 1 is 1.33 bits per heavy atom. The largest absolute Gasteiger partial charge is 0.356 e. The Morgan fingerprint density at radius 3 is 2.83 bits per heavy atom. The highest BCUT2D eigenvalue weighted by Crippen LogP contribution is 2.20. The molecule has 0 atom stereocenters. The van der Waals surface area contributed by atoms with E-state index in [1.807, 2.05) is 37.3 Å². The van der Waals surface area contributed by atoms with Crippen LogP contribution in [0.3, 0.4) is 0 Å². The second-order valence-electron chi connectivity index (χ2n) is 5.20. The molecule has 0 aliphatic carbocycles. The number of nitrogens with zero attached hydrogens (tertiary/aromatic N) is 5. The first-order chi connectivity index (χ1) is 11.6. The molecule has 0 radical (unpaired) electrons. The Labute approximate surface area is 142 Å². The molecule has 2 aromatic heterocycles. The lowest BCUT2D eigenvalue weighted by Gasteiger charge is -2.01. The van der Waals surface area contributed by atoms with Crippen LogP contribution < -0.4 is 5.32 Å². The molecule has 1 N–H and O–H groups in total. The van der Waals surface area contributed by atoms with Crippen LogP contribution in [0.1, 0.15) is 11.3 Å². The summed E-state index contributed by atoms with van der Waals surface area (Å²) in [5.41, 5.74) is 2.81. The number of amides is 1. The average molecular weight is 344 g/mol. The van der Waals surface area contributed by atoms with Crippen molar-refractivity contribution in [2.75, 3.05) is 5.75 Å². The van der Waals surface area contributed by atoms with Crippen molar-refractivity contribution in [2.24, 2.45) is 7.05 Å². The standard InChI is InChI=1S/C15H16N6O2S/c1-10-3-5-11(6-4-10)13-7-12(18-23-13)8-16-14(22)9-24-15-17-19-20-21(15)2/h3-7H,8-9H2,1-2H3,(H,16,22). The van der Waals surface area contributed by atoms with Crippen LogP contribution in [0, 0.1) is 6.92 Å². The lowest BCUT2D eigenvalue weighted by atomic mass is 10.1. The van der Waals surface area contributed by atoms with Gasteiger partial charge in [-0.25, -0.2) is 4.68 Å². The SMILES string of the molecule is Cc1ccc(-c2cc(CNC(=O)CSc3nnnn3C)no2)cc1. The summed E-state index contributed by atoms with van der Waals surface area (Å²) < 4.78 is 6.84. The predicted molar refractivity (Wildman–Crippen MR) is 88.0 cm³/mol. The van der Waals surface area contributed by atoms with Gasteiger partial charge in [0.15, 0.2) is 5.76 Å². The first kappa shape index (κ1) is 16.2. The summed E-state index contributed by atoms with van der Waals surface area (Å²) in [6.07, 6.45) is 0. The minimum atomic E-state index is -0.122. The highest BCUT2D eigenvalue weighted by molar-refractivity contribution is 7.99. The monoisotopic (exact) mass is 344 g/mol. The molecule has 0 saturated carbocycles. The van der Waals surface area contributed by atoms with Gasteiger partial charge in [0.2, 0.25) is 11.1 Å². The molecule has 3 aromatic rings. The van der Waals surface area contributed by atoms with Crippen molar-refractivity contribution >= 4 is 17.7 Å². The van der Waals surface area contributed by atoms with E-state index < -0.39 is 0 Å². The van der Waals surface area contributed by atoms with E-state index in [1.54, 1.807) is 7.05 Å². The molecule has 0 spiro atoms. The van der Waals surface area contributed by atoms with Crippen molar-refractivity contribution in [3.05, 3.63) is 41.6 Å². The highest BCUT2D eigenvalue weighted by Gasteiger charge is 2.10. The smallest absolute Gasteiger partial charge is 0.230 e. The highest BCUT2D eigenvalue weighted by atomic mass is 32.2. The van der Waals surface area contributed by atoms with E-state index >= 15 is 0 Å². The van der Waals surface area contributed by atoms with Gasteiger partial charge in [-0.3, -0.25) is 4.79 Å². The Morgan fingerprint density at radius 2 is 2.12 bits per heavy atom. The lowest BCUT2D eigenvalue weighted by molar-refractivity contribution is -0.118. The average Bonchev–Trinajstić information content (AvgIpc) is 3.21. The van der Waals surface area contributed by atoms with Crippen molar-refractivity contribution in [1.82, 2.24) is 30.7 Å². The molecule has 0 bridgehead atoms. The fraction of sp³-hybridized carbons (Fsp3) is 0.267. The molecule has 0 unspecified atom stereocenters. The number of nitrogens with one attached hydrogen (secondary N) is 1. The number of carbonyl (C=O) groups is 1. The molecule has 0 fully saturated rings. The van der Waals surface area contributed by atoms with E-state index in [0.717, 1.165) is 5.56 Å². The summed E-state index contributed by atoms with van der Waals surface area (Å²) in [5.74, 6) is 0.790. The topological polar surface area (TPSA) is 98.7 Å². The van der Waals surface area contributed by atoms with E-state index in [4.69, 9.17) is 4.52 Å². The van der Waals surface area contributed by atoms with E-state index in [9.17, 15) is 4.79 Å². The number of aryl methyl sites for hydroxylation is 2. The number of hydrogen-bond donors (Lipinski definition) is 1. The Balaban J connectivity index is 1.51. The number of tetrazole rings is 1. The molecule has 124 valence electrons. The van der Waals surface area contributed by atoms with Crippen molar-refractivity contribution in [2.45, 2.75) is 18.6 Å². The van der Waals surface area contributed by atoms with Gasteiger partial charge in [0.05, 0.1) is 12.3 Å². The molecule has 0 aliphatic rings. The molecule has 0 saturated heterocycles. The van der Waals surface area contributed by atoms with E-state index in [-0.39, 0.29) is 11.7 Å². The van der Waals surface area contributed by atoms with E-state index in [0.29, 0.717) is 23.2 Å². The summed E-state index contributed by atoms with van der Waals surface area (Å²) in [7, 11) is 1.72. The van der Waals surface area contributed by atoms with Crippen LogP contribution in [0.15, 0.2) is 40.0 Å². The zero-order chi connectivity index (χ0) is 16.9. The number of benzene rings is 1. The maximum Gasteiger partial charge on any atom is 0.230 e. The van der Waals surface area contributed by atoms with Crippen LogP contribution in [0.2, 0.25) is 0 Å². The van der Waals surface area contributed by atoms with Crippen LogP contribution >= 0.6 is 11.8 Å². The molecule has 8 nitrogen and oxygen atoms in total. The van der Waals surface area contributed by atoms with Crippen molar-refractivity contribution in [1.29, 1.82) is 0 Å². The van der Waals surface area contributed by atoms with Gasteiger partial charge in [0.1, 0.15) is 5.69 Å². The van der Waals surface area contributed by atoms with Crippen LogP contribution in [0.5, 0.6) is 0 Å². The molecule has 1 aromatic carbocycles. The van der Waals surface area contributed by atoms with Crippen LogP contribution in [-0.2, 0) is 18.4 Å². The molecular weight excluding hydrogens is 328 g/mol. The molecule has 24 heavy (non-hydrogen) atoms. The fourth-order valence-corrected chi connectivity index (χ4v) is 2.64. The minimum absolute atomic E-state index is 0.122.